The molecule has 0 bridgehead atoms. The predicted octanol–water partition coefficient (Wildman–Crippen LogP) is 4.77. The number of benzene rings is 2. The molecule has 1 aliphatic heterocycles. The van der Waals surface area contributed by atoms with Gasteiger partial charge in [-0.1, -0.05) is 32.0 Å². The number of likely N-dealkylation sites (N-methyl/N-ethyl adjacent to an activating group) is 1. The van der Waals surface area contributed by atoms with Gasteiger partial charge in [-0.2, -0.15) is 0 Å². The van der Waals surface area contributed by atoms with Crippen LogP contribution >= 0.6 is 0 Å². The first-order valence-electron chi connectivity index (χ1n) is 11.2. The third-order valence-corrected chi connectivity index (χ3v) is 6.33. The van der Waals surface area contributed by atoms with Gasteiger partial charge in [0.05, 0.1) is 26.2 Å². The van der Waals surface area contributed by atoms with Crippen LogP contribution in [0.4, 0.5) is 5.69 Å². The van der Waals surface area contributed by atoms with Crippen molar-refractivity contribution in [3.05, 3.63) is 83.2 Å². The molecule has 0 spiro atoms. The number of anilines is 1. The van der Waals surface area contributed by atoms with Crippen molar-refractivity contribution in [3.8, 4) is 11.5 Å². The molecule has 2 amide bonds. The zero-order valence-electron chi connectivity index (χ0n) is 20.0. The predicted molar refractivity (Wildman–Crippen MR) is 131 cm³/mol. The number of ether oxygens (including phenoxy) is 2. The highest BCUT2D eigenvalue weighted by molar-refractivity contribution is 6.04. The quantitative estimate of drug-likeness (QED) is 0.574. The van der Waals surface area contributed by atoms with Crippen LogP contribution in [-0.4, -0.2) is 43.0 Å². The Kier molecular flexibility index (Phi) is 6.54. The molecule has 1 aromatic heterocycles. The van der Waals surface area contributed by atoms with Gasteiger partial charge in [-0.05, 0) is 52.9 Å². The summed E-state index contributed by atoms with van der Waals surface area (Å²) in [7, 11) is 4.76. The zero-order valence-corrected chi connectivity index (χ0v) is 20.0. The number of rotatable bonds is 6. The van der Waals surface area contributed by atoms with Crippen LogP contribution in [0.3, 0.4) is 0 Å². The smallest absolute Gasteiger partial charge is 0.254 e. The number of nitrogens with one attached hydrogen (secondary N) is 1. The maximum Gasteiger partial charge on any atom is 0.254 e. The molecular formula is C27H29N3O4. The lowest BCUT2D eigenvalue weighted by Crippen LogP contribution is -2.44. The maximum absolute atomic E-state index is 13.8. The van der Waals surface area contributed by atoms with Crippen molar-refractivity contribution in [1.82, 2.24) is 9.88 Å². The second-order valence-corrected chi connectivity index (χ2v) is 8.69. The van der Waals surface area contributed by atoms with E-state index in [0.717, 1.165) is 5.56 Å². The second-order valence-electron chi connectivity index (χ2n) is 8.69. The minimum Gasteiger partial charge on any atom is -0.493 e. The SMILES string of the molecule is COc1cc2c(cc1OC)[C@@H](C(=O)Nc1ccc(C(C)C)cc1)[C@@H](c1cccnc1)N(C)C2=O. The minimum absolute atomic E-state index is 0.199. The molecule has 2 heterocycles. The first-order valence-corrected chi connectivity index (χ1v) is 11.2. The van der Waals surface area contributed by atoms with Crippen LogP contribution in [0.2, 0.25) is 0 Å². The van der Waals surface area contributed by atoms with E-state index in [1.54, 1.807) is 42.5 Å². The second kappa shape index (κ2) is 9.55. The number of amides is 2. The molecule has 0 aliphatic carbocycles. The third kappa shape index (κ3) is 4.21. The van der Waals surface area contributed by atoms with E-state index in [4.69, 9.17) is 9.47 Å². The molecule has 7 heteroatoms. The van der Waals surface area contributed by atoms with E-state index in [1.807, 2.05) is 30.3 Å². The topological polar surface area (TPSA) is 80.8 Å². The average Bonchev–Trinajstić information content (AvgIpc) is 2.85. The number of fused-ring (bicyclic) bond motifs is 1. The summed E-state index contributed by atoms with van der Waals surface area (Å²) in [6.07, 6.45) is 3.36. The lowest BCUT2D eigenvalue weighted by Gasteiger charge is -2.39. The summed E-state index contributed by atoms with van der Waals surface area (Å²) in [4.78, 5) is 33.0. The van der Waals surface area contributed by atoms with Crippen LogP contribution in [0.5, 0.6) is 11.5 Å². The van der Waals surface area contributed by atoms with E-state index < -0.39 is 12.0 Å². The highest BCUT2D eigenvalue weighted by Crippen LogP contribution is 2.45. The van der Waals surface area contributed by atoms with Crippen LogP contribution in [0.1, 0.15) is 58.8 Å². The van der Waals surface area contributed by atoms with Gasteiger partial charge in [-0.15, -0.1) is 0 Å². The van der Waals surface area contributed by atoms with E-state index in [2.05, 4.69) is 24.1 Å². The Labute approximate surface area is 199 Å². The fourth-order valence-corrected chi connectivity index (χ4v) is 4.47. The number of hydrogen-bond acceptors (Lipinski definition) is 5. The summed E-state index contributed by atoms with van der Waals surface area (Å²) in [5.74, 6) is 0.182. The van der Waals surface area contributed by atoms with Gasteiger partial charge in [-0.25, -0.2) is 0 Å². The van der Waals surface area contributed by atoms with E-state index in [0.29, 0.717) is 34.2 Å². The number of nitrogens with zero attached hydrogens (tertiary/aromatic N) is 2. The molecule has 0 unspecified atom stereocenters. The Balaban J connectivity index is 1.82. The monoisotopic (exact) mass is 459 g/mol. The Hall–Kier alpha value is -3.87. The lowest BCUT2D eigenvalue weighted by molar-refractivity contribution is -0.119. The van der Waals surface area contributed by atoms with Crippen molar-refractivity contribution in [2.45, 2.75) is 31.7 Å². The van der Waals surface area contributed by atoms with Gasteiger partial charge in [0, 0.05) is 30.7 Å². The van der Waals surface area contributed by atoms with Crippen molar-refractivity contribution in [3.63, 3.8) is 0 Å². The number of hydrogen-bond donors (Lipinski definition) is 1. The Morgan fingerprint density at radius 3 is 2.32 bits per heavy atom. The van der Waals surface area contributed by atoms with Crippen LogP contribution < -0.4 is 14.8 Å². The number of pyridine rings is 1. The summed E-state index contributed by atoms with van der Waals surface area (Å²) in [6, 6.07) is 14.3. The van der Waals surface area contributed by atoms with Crippen molar-refractivity contribution < 1.29 is 19.1 Å². The fraction of sp³-hybridized carbons (Fsp3) is 0.296. The molecular weight excluding hydrogens is 430 g/mol. The number of carbonyl (C=O) groups is 2. The van der Waals surface area contributed by atoms with E-state index in [-0.39, 0.29) is 11.8 Å². The molecule has 3 aromatic rings. The van der Waals surface area contributed by atoms with Gasteiger partial charge < -0.3 is 19.7 Å². The van der Waals surface area contributed by atoms with Gasteiger partial charge >= 0.3 is 0 Å². The van der Waals surface area contributed by atoms with E-state index in [9.17, 15) is 9.59 Å². The zero-order chi connectivity index (χ0) is 24.4. The molecule has 34 heavy (non-hydrogen) atoms. The Bertz CT molecular complexity index is 1190. The van der Waals surface area contributed by atoms with Gasteiger partial charge in [0.15, 0.2) is 11.5 Å². The largest absolute Gasteiger partial charge is 0.493 e. The van der Waals surface area contributed by atoms with Crippen LogP contribution in [-0.2, 0) is 4.79 Å². The molecule has 0 radical (unpaired) electrons. The van der Waals surface area contributed by atoms with E-state index >= 15 is 0 Å². The van der Waals surface area contributed by atoms with Gasteiger partial charge in [-0.3, -0.25) is 14.6 Å². The summed E-state index contributed by atoms with van der Waals surface area (Å²) in [5, 5.41) is 3.05. The first-order chi connectivity index (χ1) is 16.3. The summed E-state index contributed by atoms with van der Waals surface area (Å²) in [5.41, 5.74) is 3.66. The highest BCUT2D eigenvalue weighted by atomic mass is 16.5. The summed E-state index contributed by atoms with van der Waals surface area (Å²) in [6.45, 7) is 4.25. The summed E-state index contributed by atoms with van der Waals surface area (Å²) >= 11 is 0. The molecule has 2 atom stereocenters. The molecule has 0 saturated heterocycles. The standard InChI is InChI=1S/C27H29N3O4/c1-16(2)17-8-10-19(11-9-17)29-26(31)24-20-13-22(33-4)23(34-5)14-21(20)27(32)30(3)25(24)18-7-6-12-28-15-18/h6-16,24-25H,1-5H3,(H,29,31)/t24-,25-/m1/s1. The van der Waals surface area contributed by atoms with Crippen LogP contribution in [0, 0.1) is 0 Å². The van der Waals surface area contributed by atoms with E-state index in [1.165, 1.54) is 19.8 Å². The molecule has 1 aliphatic rings. The van der Waals surface area contributed by atoms with Crippen molar-refractivity contribution in [1.29, 1.82) is 0 Å². The maximum atomic E-state index is 13.8. The van der Waals surface area contributed by atoms with Gasteiger partial charge in [0.1, 0.15) is 0 Å². The number of aromatic nitrogens is 1. The normalized spacial score (nSPS) is 17.4. The molecule has 0 fully saturated rings. The van der Waals surface area contributed by atoms with Gasteiger partial charge in [0.2, 0.25) is 5.91 Å². The number of methoxy groups -OCH3 is 2. The van der Waals surface area contributed by atoms with Gasteiger partial charge in [0.25, 0.3) is 5.91 Å². The molecule has 7 nitrogen and oxygen atoms in total. The Morgan fingerprint density at radius 1 is 1.06 bits per heavy atom. The molecule has 2 aromatic carbocycles. The molecule has 0 saturated carbocycles. The first kappa shape index (κ1) is 23.3. The third-order valence-electron chi connectivity index (χ3n) is 6.33. The molecule has 4 rings (SSSR count). The van der Waals surface area contributed by atoms with Crippen molar-refractivity contribution in [2.75, 3.05) is 26.6 Å². The number of carbonyl (C=O) groups excluding carboxylic acids is 2. The van der Waals surface area contributed by atoms with Crippen molar-refractivity contribution in [2.24, 2.45) is 0 Å². The van der Waals surface area contributed by atoms with Crippen LogP contribution in [0.25, 0.3) is 0 Å². The highest BCUT2D eigenvalue weighted by Gasteiger charge is 2.43. The summed E-state index contributed by atoms with van der Waals surface area (Å²) < 4.78 is 10.9. The van der Waals surface area contributed by atoms with Crippen molar-refractivity contribution >= 4 is 17.5 Å². The average molecular weight is 460 g/mol. The molecule has 176 valence electrons. The minimum atomic E-state index is -0.688. The molecule has 1 N–H and O–H groups in total. The van der Waals surface area contributed by atoms with Crippen LogP contribution in [0.15, 0.2) is 60.9 Å². The fourth-order valence-electron chi connectivity index (χ4n) is 4.47. The Morgan fingerprint density at radius 2 is 1.74 bits per heavy atom. The lowest BCUT2D eigenvalue weighted by atomic mass is 9.79.